The number of hydrogen-bond donors (Lipinski definition) is 2. The van der Waals surface area contributed by atoms with Crippen molar-refractivity contribution in [3.8, 4) is 0 Å². The molecule has 0 aromatic heterocycles. The summed E-state index contributed by atoms with van der Waals surface area (Å²) in [5.74, 6) is 0. The van der Waals surface area contributed by atoms with Crippen molar-refractivity contribution >= 4 is 17.3 Å². The molecular formula is C14H25N3S. The minimum atomic E-state index is 0.594. The van der Waals surface area contributed by atoms with Crippen LogP contribution in [0.1, 0.15) is 51.4 Å². The predicted molar refractivity (Wildman–Crippen MR) is 78.7 cm³/mol. The fourth-order valence-corrected chi connectivity index (χ4v) is 4.21. The third kappa shape index (κ3) is 2.80. The Kier molecular flexibility index (Phi) is 4.04. The predicted octanol–water partition coefficient (Wildman–Crippen LogP) is 2.02. The van der Waals surface area contributed by atoms with E-state index in [-0.39, 0.29) is 0 Å². The summed E-state index contributed by atoms with van der Waals surface area (Å²) in [7, 11) is 0. The van der Waals surface area contributed by atoms with Crippen molar-refractivity contribution in [1.82, 2.24) is 15.5 Å². The largest absolute Gasteiger partial charge is 0.360 e. The zero-order chi connectivity index (χ0) is 12.4. The van der Waals surface area contributed by atoms with Gasteiger partial charge in [-0.2, -0.15) is 0 Å². The molecule has 0 bridgehead atoms. The number of nitrogens with one attached hydrogen (secondary N) is 2. The number of thiocarbonyl (C=S) groups is 1. The number of hydrogen-bond acceptors (Lipinski definition) is 2. The maximum Gasteiger partial charge on any atom is 0.166 e. The van der Waals surface area contributed by atoms with Gasteiger partial charge in [0.2, 0.25) is 0 Å². The molecule has 0 aromatic rings. The lowest BCUT2D eigenvalue weighted by atomic mass is 9.96. The van der Waals surface area contributed by atoms with Gasteiger partial charge in [-0.3, -0.25) is 4.90 Å². The van der Waals surface area contributed by atoms with Crippen LogP contribution in [0.25, 0.3) is 0 Å². The van der Waals surface area contributed by atoms with E-state index in [9.17, 15) is 0 Å². The highest BCUT2D eigenvalue weighted by molar-refractivity contribution is 7.80. The zero-order valence-electron chi connectivity index (χ0n) is 11.2. The molecular weight excluding hydrogens is 242 g/mol. The van der Waals surface area contributed by atoms with Crippen molar-refractivity contribution in [1.29, 1.82) is 0 Å². The highest BCUT2D eigenvalue weighted by atomic mass is 32.1. The molecule has 2 heterocycles. The Morgan fingerprint density at radius 3 is 2.56 bits per heavy atom. The van der Waals surface area contributed by atoms with Crippen LogP contribution < -0.4 is 10.6 Å². The summed E-state index contributed by atoms with van der Waals surface area (Å²) in [5, 5.41) is 8.01. The normalized spacial score (nSPS) is 33.3. The van der Waals surface area contributed by atoms with Gasteiger partial charge >= 0.3 is 0 Å². The van der Waals surface area contributed by atoms with E-state index >= 15 is 0 Å². The summed E-state index contributed by atoms with van der Waals surface area (Å²) < 4.78 is 0. The minimum absolute atomic E-state index is 0.594. The molecule has 0 spiro atoms. The SMILES string of the molecule is S=C(NC1CCCCC1)NC1CCN2CCCC12. The van der Waals surface area contributed by atoms with E-state index in [2.05, 4.69) is 15.5 Å². The second-order valence-electron chi connectivity index (χ2n) is 6.09. The third-order valence-electron chi connectivity index (χ3n) is 4.86. The van der Waals surface area contributed by atoms with Gasteiger partial charge in [-0.15, -0.1) is 0 Å². The number of nitrogens with zero attached hydrogens (tertiary/aromatic N) is 1. The maximum absolute atomic E-state index is 5.49. The van der Waals surface area contributed by atoms with Crippen LogP contribution in [0.5, 0.6) is 0 Å². The molecule has 2 aliphatic heterocycles. The average molecular weight is 267 g/mol. The molecule has 0 radical (unpaired) electrons. The van der Waals surface area contributed by atoms with Crippen LogP contribution in [0.4, 0.5) is 0 Å². The van der Waals surface area contributed by atoms with Gasteiger partial charge in [0.15, 0.2) is 5.11 Å². The van der Waals surface area contributed by atoms with Gasteiger partial charge in [0, 0.05) is 24.7 Å². The Balaban J connectivity index is 1.45. The standard InChI is InChI=1S/C14H25N3S/c18-14(15-11-5-2-1-3-6-11)16-12-8-10-17-9-4-7-13(12)17/h11-13H,1-10H2,(H2,15,16,18). The van der Waals surface area contributed by atoms with E-state index in [1.54, 1.807) is 0 Å². The Morgan fingerprint density at radius 2 is 1.72 bits per heavy atom. The molecule has 102 valence electrons. The van der Waals surface area contributed by atoms with Gasteiger partial charge < -0.3 is 10.6 Å². The zero-order valence-corrected chi connectivity index (χ0v) is 12.0. The molecule has 1 aliphatic carbocycles. The highest BCUT2D eigenvalue weighted by Gasteiger charge is 2.37. The molecule has 3 fully saturated rings. The molecule has 3 nitrogen and oxygen atoms in total. The van der Waals surface area contributed by atoms with Crippen molar-refractivity contribution in [3.05, 3.63) is 0 Å². The summed E-state index contributed by atoms with van der Waals surface area (Å²) in [6.45, 7) is 2.56. The topological polar surface area (TPSA) is 27.3 Å². The molecule has 18 heavy (non-hydrogen) atoms. The van der Waals surface area contributed by atoms with Gasteiger partial charge in [0.1, 0.15) is 0 Å². The molecule has 1 saturated carbocycles. The van der Waals surface area contributed by atoms with Crippen molar-refractivity contribution in [2.24, 2.45) is 0 Å². The van der Waals surface area contributed by atoms with E-state index in [0.717, 1.165) is 11.2 Å². The summed E-state index contributed by atoms with van der Waals surface area (Å²) in [5.41, 5.74) is 0. The first-order valence-electron chi connectivity index (χ1n) is 7.64. The summed E-state index contributed by atoms with van der Waals surface area (Å²) >= 11 is 5.49. The lowest BCUT2D eigenvalue weighted by Gasteiger charge is -2.27. The average Bonchev–Trinajstić information content (AvgIpc) is 2.95. The molecule has 2 unspecified atom stereocenters. The maximum atomic E-state index is 5.49. The smallest absolute Gasteiger partial charge is 0.166 e. The summed E-state index contributed by atoms with van der Waals surface area (Å²) in [6, 6.07) is 1.96. The van der Waals surface area contributed by atoms with Gasteiger partial charge in [-0.1, -0.05) is 19.3 Å². The van der Waals surface area contributed by atoms with Crippen molar-refractivity contribution < 1.29 is 0 Å². The summed E-state index contributed by atoms with van der Waals surface area (Å²) in [6.07, 6.45) is 10.7. The van der Waals surface area contributed by atoms with E-state index in [1.807, 2.05) is 0 Å². The first-order chi connectivity index (χ1) is 8.83. The number of fused-ring (bicyclic) bond motifs is 1. The molecule has 2 atom stereocenters. The molecule has 0 amide bonds. The fourth-order valence-electron chi connectivity index (χ4n) is 3.89. The van der Waals surface area contributed by atoms with Crippen LogP contribution in [0.3, 0.4) is 0 Å². The molecule has 3 rings (SSSR count). The van der Waals surface area contributed by atoms with Crippen LogP contribution in [0.2, 0.25) is 0 Å². The minimum Gasteiger partial charge on any atom is -0.360 e. The monoisotopic (exact) mass is 267 g/mol. The summed E-state index contributed by atoms with van der Waals surface area (Å²) in [4.78, 5) is 2.63. The molecule has 2 N–H and O–H groups in total. The van der Waals surface area contributed by atoms with Crippen LogP contribution in [-0.2, 0) is 0 Å². The van der Waals surface area contributed by atoms with E-state index in [1.165, 1.54) is 64.5 Å². The van der Waals surface area contributed by atoms with Crippen molar-refractivity contribution in [3.63, 3.8) is 0 Å². The van der Waals surface area contributed by atoms with Crippen molar-refractivity contribution in [2.75, 3.05) is 13.1 Å². The Morgan fingerprint density at radius 1 is 0.889 bits per heavy atom. The molecule has 0 aromatic carbocycles. The van der Waals surface area contributed by atoms with E-state index in [0.29, 0.717) is 12.1 Å². The quantitative estimate of drug-likeness (QED) is 0.749. The van der Waals surface area contributed by atoms with Gasteiger partial charge in [-0.25, -0.2) is 0 Å². The lowest BCUT2D eigenvalue weighted by Crippen LogP contribution is -2.49. The Bertz CT molecular complexity index is 301. The lowest BCUT2D eigenvalue weighted by molar-refractivity contribution is 0.307. The first kappa shape index (κ1) is 12.7. The van der Waals surface area contributed by atoms with Crippen LogP contribution in [0.15, 0.2) is 0 Å². The number of rotatable bonds is 2. The Hall–Kier alpha value is -0.350. The second-order valence-corrected chi connectivity index (χ2v) is 6.50. The van der Waals surface area contributed by atoms with E-state index in [4.69, 9.17) is 12.2 Å². The van der Waals surface area contributed by atoms with Gasteiger partial charge in [-0.05, 0) is 50.9 Å². The highest BCUT2D eigenvalue weighted by Crippen LogP contribution is 2.27. The van der Waals surface area contributed by atoms with Crippen LogP contribution in [0, 0.1) is 0 Å². The first-order valence-corrected chi connectivity index (χ1v) is 8.05. The Labute approximate surface area is 116 Å². The molecule has 2 saturated heterocycles. The molecule has 3 aliphatic rings. The molecule has 4 heteroatoms. The van der Waals surface area contributed by atoms with Crippen LogP contribution in [-0.4, -0.2) is 41.2 Å². The fraction of sp³-hybridized carbons (Fsp3) is 0.929. The third-order valence-corrected chi connectivity index (χ3v) is 5.10. The van der Waals surface area contributed by atoms with E-state index < -0.39 is 0 Å². The van der Waals surface area contributed by atoms with Crippen molar-refractivity contribution in [2.45, 2.75) is 69.5 Å². The van der Waals surface area contributed by atoms with Gasteiger partial charge in [0.25, 0.3) is 0 Å². The second kappa shape index (κ2) is 5.74. The van der Waals surface area contributed by atoms with Crippen LogP contribution >= 0.6 is 12.2 Å². The van der Waals surface area contributed by atoms with Gasteiger partial charge in [0.05, 0.1) is 0 Å².